The van der Waals surface area contributed by atoms with Crippen molar-refractivity contribution < 1.29 is 9.44 Å². The van der Waals surface area contributed by atoms with Gasteiger partial charge < -0.3 is 4.74 Å². The summed E-state index contributed by atoms with van der Waals surface area (Å²) in [7, 11) is 2.07. The topological polar surface area (TPSA) is 55.0 Å². The summed E-state index contributed by atoms with van der Waals surface area (Å²) in [4.78, 5) is 2.57. The van der Waals surface area contributed by atoms with Crippen LogP contribution < -0.4 is 0 Å². The maximum Gasteiger partial charge on any atom is 0.236 e. The van der Waals surface area contributed by atoms with Crippen LogP contribution in [-0.2, 0) is 4.74 Å². The molecule has 0 bridgehead atoms. The Bertz CT molecular complexity index is 1020. The lowest BCUT2D eigenvalue weighted by Gasteiger charge is -2.41. The molecule has 3 fully saturated rings. The van der Waals surface area contributed by atoms with Gasteiger partial charge in [-0.1, -0.05) is 21.4 Å². The first-order valence-corrected chi connectivity index (χ1v) is 11.0. The van der Waals surface area contributed by atoms with Crippen LogP contribution in [0.4, 0.5) is 0 Å². The second-order valence-electron chi connectivity index (χ2n) is 8.90. The molecule has 1 atom stereocenters. The average Bonchev–Trinajstić information content (AvgIpc) is 3.36. The second-order valence-corrected chi connectivity index (χ2v) is 9.31. The third-order valence-electron chi connectivity index (χ3n) is 6.96. The molecule has 1 saturated carbocycles. The molecule has 1 aromatic heterocycles. The number of quaternary nitrogens is 1. The van der Waals surface area contributed by atoms with Crippen molar-refractivity contribution in [3.05, 3.63) is 28.9 Å². The Morgan fingerprint density at radius 3 is 2.62 bits per heavy atom. The van der Waals surface area contributed by atoms with E-state index >= 15 is 0 Å². The van der Waals surface area contributed by atoms with E-state index in [4.69, 9.17) is 21.4 Å². The van der Waals surface area contributed by atoms with Gasteiger partial charge in [0.05, 0.1) is 31.0 Å². The molecule has 4 aliphatic rings. The molecule has 2 saturated heterocycles. The Morgan fingerprint density at radius 1 is 1.14 bits per heavy atom. The highest BCUT2D eigenvalue weighted by molar-refractivity contribution is 6.33. The number of ether oxygens (including phenoxy) is 1. The van der Waals surface area contributed by atoms with Crippen LogP contribution in [0.3, 0.4) is 0 Å². The summed E-state index contributed by atoms with van der Waals surface area (Å²) in [6, 6.07) is 5.42. The molecule has 2 aromatic rings. The summed E-state index contributed by atoms with van der Waals surface area (Å²) in [5, 5.41) is 16.0. The first-order valence-electron chi connectivity index (χ1n) is 10.6. The van der Waals surface area contributed by atoms with Crippen LogP contribution in [0.25, 0.3) is 10.9 Å². The van der Waals surface area contributed by atoms with Crippen LogP contribution in [0.2, 0.25) is 5.02 Å². The van der Waals surface area contributed by atoms with E-state index in [2.05, 4.69) is 34.3 Å². The molecular weight excluding hydrogens is 388 g/mol. The van der Waals surface area contributed by atoms with E-state index in [1.54, 1.807) is 0 Å². The van der Waals surface area contributed by atoms with E-state index in [9.17, 15) is 0 Å². The summed E-state index contributed by atoms with van der Waals surface area (Å²) < 4.78 is 7.68. The lowest BCUT2D eigenvalue weighted by Crippen LogP contribution is -2.51. The van der Waals surface area contributed by atoms with Crippen molar-refractivity contribution in [2.24, 2.45) is 10.2 Å². The van der Waals surface area contributed by atoms with Gasteiger partial charge in [-0.25, -0.2) is 4.68 Å². The van der Waals surface area contributed by atoms with E-state index in [1.807, 2.05) is 17.1 Å². The van der Waals surface area contributed by atoms with Gasteiger partial charge in [0.2, 0.25) is 5.84 Å². The fourth-order valence-corrected chi connectivity index (χ4v) is 5.16. The molecule has 1 aliphatic carbocycles. The molecule has 7 nitrogen and oxygen atoms in total. The third kappa shape index (κ3) is 3.03. The van der Waals surface area contributed by atoms with Crippen molar-refractivity contribution in [1.29, 1.82) is 0 Å². The number of halogens is 1. The predicted molar refractivity (Wildman–Crippen MR) is 113 cm³/mol. The van der Waals surface area contributed by atoms with Gasteiger partial charge in [0.25, 0.3) is 0 Å². The molecule has 0 amide bonds. The van der Waals surface area contributed by atoms with Gasteiger partial charge >= 0.3 is 0 Å². The monoisotopic (exact) mass is 413 g/mol. The molecule has 29 heavy (non-hydrogen) atoms. The number of benzene rings is 1. The van der Waals surface area contributed by atoms with Gasteiger partial charge in [0.15, 0.2) is 0 Å². The lowest BCUT2D eigenvalue weighted by molar-refractivity contribution is -0.930. The van der Waals surface area contributed by atoms with Gasteiger partial charge in [-0.3, -0.25) is 4.90 Å². The number of piperidine rings is 1. The molecular formula is C21H26ClN6O+. The first kappa shape index (κ1) is 18.0. The van der Waals surface area contributed by atoms with Crippen LogP contribution in [0, 0.1) is 0 Å². The van der Waals surface area contributed by atoms with Crippen LogP contribution >= 0.6 is 11.6 Å². The van der Waals surface area contributed by atoms with Gasteiger partial charge in [0.1, 0.15) is 19.3 Å². The Labute approximate surface area is 175 Å². The van der Waals surface area contributed by atoms with Crippen molar-refractivity contribution in [2.45, 2.75) is 43.7 Å². The number of rotatable bonds is 3. The number of hydrogen-bond donors (Lipinski definition) is 0. The minimum atomic E-state index is 0.403. The molecule has 0 N–H and O–H groups in total. The molecule has 8 heteroatoms. The van der Waals surface area contributed by atoms with Crippen LogP contribution in [0.5, 0.6) is 0 Å². The maximum absolute atomic E-state index is 6.71. The predicted octanol–water partition coefficient (Wildman–Crippen LogP) is 3.04. The fourth-order valence-electron chi connectivity index (χ4n) is 4.83. The Balaban J connectivity index is 1.30. The molecule has 1 unspecified atom stereocenters. The Hall–Kier alpha value is -1.80. The smallest absolute Gasteiger partial charge is 0.236 e. The minimum absolute atomic E-state index is 0.403. The molecule has 3 aliphatic heterocycles. The van der Waals surface area contributed by atoms with Crippen molar-refractivity contribution in [2.75, 3.05) is 33.4 Å². The molecule has 6 rings (SSSR count). The standard InChI is InChI=1S/C21H26ClN6O/c1-28(17-2-3-17)24-11-21(25-28)27-20-9-18(19(22)8-15(20)10-23-27)14-4-6-26(7-5-14)16-12-29-13-16/h8-11,14,16-17H,2-7,12-13H2,1H3/q+1. The van der Waals surface area contributed by atoms with E-state index in [0.717, 1.165) is 60.9 Å². The van der Waals surface area contributed by atoms with Gasteiger partial charge in [0, 0.05) is 23.3 Å². The maximum atomic E-state index is 6.71. The molecule has 152 valence electrons. The third-order valence-corrected chi connectivity index (χ3v) is 7.29. The highest BCUT2D eigenvalue weighted by Gasteiger charge is 2.46. The van der Waals surface area contributed by atoms with Crippen molar-refractivity contribution >= 4 is 34.6 Å². The summed E-state index contributed by atoms with van der Waals surface area (Å²) in [5.41, 5.74) is 2.30. The largest absolute Gasteiger partial charge is 0.378 e. The van der Waals surface area contributed by atoms with Crippen molar-refractivity contribution in [1.82, 2.24) is 14.7 Å². The minimum Gasteiger partial charge on any atom is -0.378 e. The molecule has 4 heterocycles. The van der Waals surface area contributed by atoms with Gasteiger partial charge in [-0.2, -0.15) is 5.10 Å². The number of likely N-dealkylation sites (tertiary alicyclic amines) is 1. The molecule has 0 spiro atoms. The SMILES string of the molecule is C[N+]1(C2CC2)N=CC(n2ncc3cc(Cl)c(C4CCN(C5COC5)CC4)cc32)=N1. The van der Waals surface area contributed by atoms with E-state index in [-0.39, 0.29) is 0 Å². The van der Waals surface area contributed by atoms with Gasteiger partial charge in [-0.05, 0) is 54.6 Å². The van der Waals surface area contributed by atoms with Crippen LogP contribution in [0.15, 0.2) is 28.5 Å². The first-order chi connectivity index (χ1) is 14.1. The quantitative estimate of drug-likeness (QED) is 0.727. The normalized spacial score (nSPS) is 28.8. The highest BCUT2D eigenvalue weighted by Crippen LogP contribution is 2.37. The Morgan fingerprint density at radius 2 is 1.93 bits per heavy atom. The van der Waals surface area contributed by atoms with E-state index in [1.165, 1.54) is 18.4 Å². The second kappa shape index (κ2) is 6.60. The number of fused-ring (bicyclic) bond motifs is 1. The number of aromatic nitrogens is 2. The summed E-state index contributed by atoms with van der Waals surface area (Å²) in [5.74, 6) is 1.29. The summed E-state index contributed by atoms with van der Waals surface area (Å²) in [6.07, 6.45) is 8.38. The molecule has 0 radical (unpaired) electrons. The van der Waals surface area contributed by atoms with Gasteiger partial charge in [-0.15, -0.1) is 0 Å². The zero-order chi connectivity index (χ0) is 19.6. The Kier molecular flexibility index (Phi) is 4.10. The fraction of sp³-hybridized carbons (Fsp3) is 0.571. The van der Waals surface area contributed by atoms with Crippen molar-refractivity contribution in [3.63, 3.8) is 0 Å². The summed E-state index contributed by atoms with van der Waals surface area (Å²) in [6.45, 7) is 4.00. The van der Waals surface area contributed by atoms with E-state index in [0.29, 0.717) is 22.7 Å². The molecule has 1 aromatic carbocycles. The number of nitrogens with zero attached hydrogens (tertiary/aromatic N) is 6. The highest BCUT2D eigenvalue weighted by atomic mass is 35.5. The summed E-state index contributed by atoms with van der Waals surface area (Å²) >= 11 is 6.71. The lowest BCUT2D eigenvalue weighted by atomic mass is 9.88. The number of hydrogen-bond acceptors (Lipinski definition) is 5. The van der Waals surface area contributed by atoms with E-state index < -0.39 is 0 Å². The van der Waals surface area contributed by atoms with Crippen LogP contribution in [0.1, 0.15) is 37.2 Å². The zero-order valence-corrected chi connectivity index (χ0v) is 17.4. The van der Waals surface area contributed by atoms with Crippen molar-refractivity contribution in [3.8, 4) is 0 Å². The average molecular weight is 414 g/mol. The zero-order valence-electron chi connectivity index (χ0n) is 16.7. The van der Waals surface area contributed by atoms with Crippen LogP contribution in [-0.4, -0.2) is 76.9 Å².